The van der Waals surface area contributed by atoms with Gasteiger partial charge in [-0.15, -0.1) is 0 Å². The van der Waals surface area contributed by atoms with Crippen LogP contribution in [0, 0.1) is 0 Å². The number of hydrogen-bond acceptors (Lipinski definition) is 2. The van der Waals surface area contributed by atoms with Crippen molar-refractivity contribution in [3.63, 3.8) is 0 Å². The molecule has 0 spiro atoms. The van der Waals surface area contributed by atoms with Crippen LogP contribution in [0.2, 0.25) is 0 Å². The third-order valence-electron chi connectivity index (χ3n) is 5.59. The number of carbonyl (C=O) groups is 2. The van der Waals surface area contributed by atoms with Crippen LogP contribution in [0.3, 0.4) is 0 Å². The Hall–Kier alpha value is -3.92. The number of amides is 2. The molecule has 0 bridgehead atoms. The minimum absolute atomic E-state index is 0.155. The monoisotopic (exact) mass is 422 g/mol. The van der Waals surface area contributed by atoms with Crippen LogP contribution in [0.4, 0.5) is 0 Å². The standard InChI is InChI=1S/C28H26N2O2/c1-19(31)29-27(25-13-12-21-8-4-6-10-23(21)16-25)18-28(3,30-20(2)32)26-15-14-22-9-5-7-11-24(22)17-26/h4-18H,1-3H3,(H,29,31)(H,30,32)/b27-18-. The molecule has 2 amide bonds. The van der Waals surface area contributed by atoms with Crippen LogP contribution in [0.25, 0.3) is 27.2 Å². The highest BCUT2D eigenvalue weighted by Crippen LogP contribution is 2.30. The van der Waals surface area contributed by atoms with Gasteiger partial charge in [0.2, 0.25) is 11.8 Å². The van der Waals surface area contributed by atoms with Gasteiger partial charge in [0.05, 0.1) is 5.54 Å². The molecule has 0 heterocycles. The maximum atomic E-state index is 12.2. The third-order valence-corrected chi connectivity index (χ3v) is 5.59. The van der Waals surface area contributed by atoms with Crippen LogP contribution < -0.4 is 10.6 Å². The largest absolute Gasteiger partial charge is 0.344 e. The summed E-state index contributed by atoms with van der Waals surface area (Å²) in [6, 6.07) is 28.4. The van der Waals surface area contributed by atoms with Gasteiger partial charge >= 0.3 is 0 Å². The molecular weight excluding hydrogens is 396 g/mol. The summed E-state index contributed by atoms with van der Waals surface area (Å²) in [5.74, 6) is -0.328. The first-order chi connectivity index (χ1) is 15.3. The minimum Gasteiger partial charge on any atom is -0.344 e. The van der Waals surface area contributed by atoms with Crippen molar-refractivity contribution in [2.24, 2.45) is 0 Å². The summed E-state index contributed by atoms with van der Waals surface area (Å²) in [7, 11) is 0. The first kappa shape index (κ1) is 21.3. The summed E-state index contributed by atoms with van der Waals surface area (Å²) < 4.78 is 0. The quantitative estimate of drug-likeness (QED) is 0.445. The summed E-state index contributed by atoms with van der Waals surface area (Å²) in [6.45, 7) is 4.93. The number of nitrogens with one attached hydrogen (secondary N) is 2. The molecule has 2 N–H and O–H groups in total. The summed E-state index contributed by atoms with van der Waals surface area (Å²) in [5.41, 5.74) is 1.61. The normalized spacial score (nSPS) is 13.5. The SMILES string of the molecule is CC(=O)N/C(=C\C(C)(NC(C)=O)c1ccc2ccccc2c1)c1ccc2ccccc2c1. The van der Waals surface area contributed by atoms with Crippen molar-refractivity contribution >= 4 is 39.1 Å². The molecule has 0 aliphatic heterocycles. The van der Waals surface area contributed by atoms with Crippen molar-refractivity contribution in [2.75, 3.05) is 0 Å². The van der Waals surface area contributed by atoms with Crippen molar-refractivity contribution in [1.82, 2.24) is 10.6 Å². The van der Waals surface area contributed by atoms with Crippen LogP contribution in [0.1, 0.15) is 31.9 Å². The molecule has 0 saturated carbocycles. The van der Waals surface area contributed by atoms with Crippen LogP contribution in [0.5, 0.6) is 0 Å². The molecule has 4 heteroatoms. The molecule has 0 radical (unpaired) electrons. The molecule has 0 aliphatic rings. The van der Waals surface area contributed by atoms with Crippen molar-refractivity contribution in [2.45, 2.75) is 26.3 Å². The predicted octanol–water partition coefficient (Wildman–Crippen LogP) is 5.52. The molecule has 4 aromatic carbocycles. The summed E-state index contributed by atoms with van der Waals surface area (Å²) in [4.78, 5) is 24.3. The van der Waals surface area contributed by atoms with Crippen molar-refractivity contribution in [3.8, 4) is 0 Å². The minimum atomic E-state index is -0.834. The Morgan fingerprint density at radius 3 is 1.88 bits per heavy atom. The van der Waals surface area contributed by atoms with E-state index >= 15 is 0 Å². The molecular formula is C28H26N2O2. The van der Waals surface area contributed by atoms with Crippen LogP contribution >= 0.6 is 0 Å². The van der Waals surface area contributed by atoms with Gasteiger partial charge in [0.25, 0.3) is 0 Å². The lowest BCUT2D eigenvalue weighted by Crippen LogP contribution is -2.41. The van der Waals surface area contributed by atoms with Crippen LogP contribution in [0.15, 0.2) is 91.0 Å². The van der Waals surface area contributed by atoms with E-state index in [2.05, 4.69) is 34.9 Å². The Bertz CT molecular complexity index is 1360. The van der Waals surface area contributed by atoms with Crippen LogP contribution in [-0.2, 0) is 15.1 Å². The molecule has 32 heavy (non-hydrogen) atoms. The lowest BCUT2D eigenvalue weighted by molar-refractivity contribution is -0.120. The van der Waals surface area contributed by atoms with Gasteiger partial charge < -0.3 is 10.6 Å². The van der Waals surface area contributed by atoms with Gasteiger partial charge in [-0.25, -0.2) is 0 Å². The van der Waals surface area contributed by atoms with Gasteiger partial charge in [0.15, 0.2) is 0 Å². The van der Waals surface area contributed by atoms with E-state index < -0.39 is 5.54 Å². The molecule has 4 rings (SSSR count). The van der Waals surface area contributed by atoms with Crippen molar-refractivity contribution < 1.29 is 9.59 Å². The van der Waals surface area contributed by atoms with Crippen molar-refractivity contribution in [1.29, 1.82) is 0 Å². The van der Waals surface area contributed by atoms with E-state index in [-0.39, 0.29) is 11.8 Å². The molecule has 1 unspecified atom stereocenters. The highest BCUT2D eigenvalue weighted by Gasteiger charge is 2.27. The predicted molar refractivity (Wildman–Crippen MR) is 131 cm³/mol. The number of benzene rings is 4. The summed E-state index contributed by atoms with van der Waals surface area (Å²) in [5, 5.41) is 10.5. The Morgan fingerprint density at radius 1 is 0.719 bits per heavy atom. The second-order valence-corrected chi connectivity index (χ2v) is 8.25. The zero-order valence-corrected chi connectivity index (χ0v) is 18.5. The molecule has 0 saturated heterocycles. The summed E-state index contributed by atoms with van der Waals surface area (Å²) in [6.07, 6.45) is 1.92. The molecule has 160 valence electrons. The topological polar surface area (TPSA) is 58.2 Å². The van der Waals surface area contributed by atoms with Gasteiger partial charge in [-0.05, 0) is 57.8 Å². The lowest BCUT2D eigenvalue weighted by atomic mass is 9.88. The fraction of sp³-hybridized carbons (Fsp3) is 0.143. The molecule has 0 fully saturated rings. The Morgan fingerprint density at radius 2 is 1.28 bits per heavy atom. The van der Waals surface area contributed by atoms with E-state index in [1.54, 1.807) is 0 Å². The zero-order valence-electron chi connectivity index (χ0n) is 18.5. The van der Waals surface area contributed by atoms with Gasteiger partial charge in [0, 0.05) is 19.5 Å². The fourth-order valence-corrected chi connectivity index (χ4v) is 4.10. The van der Waals surface area contributed by atoms with E-state index in [1.165, 1.54) is 13.8 Å². The van der Waals surface area contributed by atoms with E-state index in [9.17, 15) is 9.59 Å². The second kappa shape index (κ2) is 8.67. The van der Waals surface area contributed by atoms with Gasteiger partial charge in [-0.3, -0.25) is 9.59 Å². The molecule has 4 nitrogen and oxygen atoms in total. The number of hydrogen-bond donors (Lipinski definition) is 2. The molecule has 4 aromatic rings. The van der Waals surface area contributed by atoms with E-state index in [0.717, 1.165) is 32.7 Å². The first-order valence-electron chi connectivity index (χ1n) is 10.6. The molecule has 1 atom stereocenters. The smallest absolute Gasteiger partial charge is 0.221 e. The average molecular weight is 423 g/mol. The Kier molecular flexibility index (Phi) is 5.78. The number of fused-ring (bicyclic) bond motifs is 2. The Labute approximate surface area is 188 Å². The highest BCUT2D eigenvalue weighted by molar-refractivity contribution is 5.91. The van der Waals surface area contributed by atoms with Gasteiger partial charge in [0.1, 0.15) is 0 Å². The van der Waals surface area contributed by atoms with Gasteiger partial charge in [-0.2, -0.15) is 0 Å². The van der Waals surface area contributed by atoms with E-state index in [1.807, 2.05) is 73.7 Å². The zero-order chi connectivity index (χ0) is 22.7. The number of rotatable bonds is 5. The highest BCUT2D eigenvalue weighted by atomic mass is 16.2. The van der Waals surface area contributed by atoms with Crippen molar-refractivity contribution in [3.05, 3.63) is 102 Å². The van der Waals surface area contributed by atoms with E-state index in [4.69, 9.17) is 0 Å². The first-order valence-corrected chi connectivity index (χ1v) is 10.6. The molecule has 0 aliphatic carbocycles. The molecule has 0 aromatic heterocycles. The van der Waals surface area contributed by atoms with Gasteiger partial charge in [-0.1, -0.05) is 72.8 Å². The maximum absolute atomic E-state index is 12.2. The maximum Gasteiger partial charge on any atom is 0.221 e. The third kappa shape index (κ3) is 4.54. The Balaban J connectivity index is 1.88. The lowest BCUT2D eigenvalue weighted by Gasteiger charge is -2.29. The summed E-state index contributed by atoms with van der Waals surface area (Å²) >= 11 is 0. The van der Waals surface area contributed by atoms with Crippen LogP contribution in [-0.4, -0.2) is 11.8 Å². The fourth-order valence-electron chi connectivity index (χ4n) is 4.10. The average Bonchev–Trinajstić information content (AvgIpc) is 2.77. The van der Waals surface area contributed by atoms with E-state index in [0.29, 0.717) is 5.70 Å². The number of carbonyl (C=O) groups excluding carboxylic acids is 2. The second-order valence-electron chi connectivity index (χ2n) is 8.25.